The monoisotopic (exact) mass is 336 g/mol. The van der Waals surface area contributed by atoms with E-state index in [9.17, 15) is 4.79 Å². The Morgan fingerprint density at radius 3 is 2.80 bits per heavy atom. The molecule has 0 saturated carbocycles. The van der Waals surface area contributed by atoms with Crippen molar-refractivity contribution in [3.63, 3.8) is 0 Å². The fourth-order valence-corrected chi connectivity index (χ4v) is 2.94. The predicted octanol–water partition coefficient (Wildman–Crippen LogP) is 1.75. The van der Waals surface area contributed by atoms with Gasteiger partial charge >= 0.3 is 5.76 Å². The third-order valence-electron chi connectivity index (χ3n) is 3.36. The number of halogens is 1. The van der Waals surface area contributed by atoms with E-state index in [4.69, 9.17) is 10.2 Å². The van der Waals surface area contributed by atoms with Crippen LogP contribution >= 0.6 is 15.9 Å². The summed E-state index contributed by atoms with van der Waals surface area (Å²) in [6.45, 7) is 0.399. The third kappa shape index (κ3) is 1.82. The summed E-state index contributed by atoms with van der Waals surface area (Å²) in [7, 11) is 3.53. The first-order valence-electron chi connectivity index (χ1n) is 6.04. The van der Waals surface area contributed by atoms with E-state index in [-0.39, 0.29) is 5.76 Å². The van der Waals surface area contributed by atoms with Gasteiger partial charge in [0, 0.05) is 26.2 Å². The lowest BCUT2D eigenvalue weighted by molar-refractivity contribution is 0.528. The molecule has 0 bridgehead atoms. The first-order valence-corrected chi connectivity index (χ1v) is 6.83. The zero-order chi connectivity index (χ0) is 14.4. The van der Waals surface area contributed by atoms with Crippen molar-refractivity contribution in [2.24, 2.45) is 19.8 Å². The van der Waals surface area contributed by atoms with E-state index in [2.05, 4.69) is 21.0 Å². The third-order valence-corrected chi connectivity index (χ3v) is 4.19. The van der Waals surface area contributed by atoms with Crippen LogP contribution < -0.4 is 11.5 Å². The Morgan fingerprint density at radius 1 is 1.40 bits per heavy atom. The summed E-state index contributed by atoms with van der Waals surface area (Å²) in [6, 6.07) is 5.53. The maximum Gasteiger partial charge on any atom is 0.419 e. The van der Waals surface area contributed by atoms with Crippen LogP contribution in [0.5, 0.6) is 0 Å². The van der Waals surface area contributed by atoms with Gasteiger partial charge in [0.25, 0.3) is 0 Å². The second-order valence-electron chi connectivity index (χ2n) is 4.55. The maximum atomic E-state index is 11.5. The highest BCUT2D eigenvalue weighted by Gasteiger charge is 2.16. The Bertz CT molecular complexity index is 859. The molecule has 7 heteroatoms. The Balaban J connectivity index is 2.24. The van der Waals surface area contributed by atoms with Gasteiger partial charge in [-0.2, -0.15) is 5.10 Å². The van der Waals surface area contributed by atoms with Gasteiger partial charge in [0.1, 0.15) is 5.69 Å². The molecule has 2 N–H and O–H groups in total. The number of nitrogens with zero attached hydrogens (tertiary/aromatic N) is 3. The topological polar surface area (TPSA) is 79.0 Å². The number of aromatic nitrogens is 3. The van der Waals surface area contributed by atoms with Gasteiger partial charge in [0.05, 0.1) is 15.7 Å². The molecule has 3 aromatic rings. The van der Waals surface area contributed by atoms with Crippen LogP contribution in [0.4, 0.5) is 0 Å². The van der Waals surface area contributed by atoms with Gasteiger partial charge in [-0.3, -0.25) is 9.25 Å². The number of oxazole rings is 1. The summed E-state index contributed by atoms with van der Waals surface area (Å²) in [4.78, 5) is 11.5. The van der Waals surface area contributed by atoms with Crippen LogP contribution in [-0.2, 0) is 20.6 Å². The maximum absolute atomic E-state index is 11.5. The molecule has 0 radical (unpaired) electrons. The molecule has 2 aromatic heterocycles. The fourth-order valence-electron chi connectivity index (χ4n) is 2.21. The van der Waals surface area contributed by atoms with E-state index < -0.39 is 0 Å². The molecular weight excluding hydrogens is 324 g/mol. The Hall–Kier alpha value is -1.86. The van der Waals surface area contributed by atoms with Crippen LogP contribution in [0.15, 0.2) is 31.9 Å². The smallest absolute Gasteiger partial charge is 0.408 e. The summed E-state index contributed by atoms with van der Waals surface area (Å²) in [6.07, 6.45) is 0. The molecular formula is C13H13BrN4O2. The van der Waals surface area contributed by atoms with Crippen molar-refractivity contribution >= 4 is 27.0 Å². The van der Waals surface area contributed by atoms with E-state index in [1.165, 1.54) is 4.57 Å². The molecule has 20 heavy (non-hydrogen) atoms. The summed E-state index contributed by atoms with van der Waals surface area (Å²) < 4.78 is 9.21. The quantitative estimate of drug-likeness (QED) is 0.773. The largest absolute Gasteiger partial charge is 0.419 e. The summed E-state index contributed by atoms with van der Waals surface area (Å²) in [5.74, 6) is -0.375. The highest BCUT2D eigenvalue weighted by molar-refractivity contribution is 9.10. The van der Waals surface area contributed by atoms with Crippen LogP contribution in [0.3, 0.4) is 0 Å². The van der Waals surface area contributed by atoms with E-state index in [1.54, 1.807) is 17.8 Å². The highest BCUT2D eigenvalue weighted by Crippen LogP contribution is 2.31. The minimum absolute atomic E-state index is 0.375. The Labute approximate surface area is 122 Å². The van der Waals surface area contributed by atoms with Crippen molar-refractivity contribution in [1.29, 1.82) is 0 Å². The Morgan fingerprint density at radius 2 is 2.15 bits per heavy atom. The standard InChI is InChI=1S/C13H13BrN4O2/c1-17-8-5-7(3-4-10(8)20-13(17)19)12-11(14)9(6-15)18(2)16-12/h3-5H,6,15H2,1-2H3. The number of hydrogen-bond acceptors (Lipinski definition) is 4. The van der Waals surface area contributed by atoms with Crippen molar-refractivity contribution < 1.29 is 4.42 Å². The van der Waals surface area contributed by atoms with Crippen molar-refractivity contribution in [1.82, 2.24) is 14.3 Å². The lowest BCUT2D eigenvalue weighted by Crippen LogP contribution is -2.08. The van der Waals surface area contributed by atoms with Gasteiger partial charge in [-0.25, -0.2) is 4.79 Å². The zero-order valence-corrected chi connectivity index (χ0v) is 12.6. The van der Waals surface area contributed by atoms with Gasteiger partial charge in [0.2, 0.25) is 0 Å². The van der Waals surface area contributed by atoms with Gasteiger partial charge in [-0.1, -0.05) is 0 Å². The van der Waals surface area contributed by atoms with Crippen LogP contribution in [0.2, 0.25) is 0 Å². The molecule has 0 saturated heterocycles. The van der Waals surface area contributed by atoms with E-state index >= 15 is 0 Å². The second-order valence-corrected chi connectivity index (χ2v) is 5.34. The number of benzene rings is 1. The molecule has 0 aliphatic carbocycles. The number of aryl methyl sites for hydroxylation is 2. The molecule has 0 amide bonds. The average molecular weight is 337 g/mol. The SMILES string of the molecule is Cn1nc(-c2ccc3oc(=O)n(C)c3c2)c(Br)c1CN. The molecule has 2 heterocycles. The highest BCUT2D eigenvalue weighted by atomic mass is 79.9. The molecule has 0 atom stereocenters. The van der Waals surface area contributed by atoms with E-state index in [1.807, 2.05) is 19.2 Å². The van der Waals surface area contributed by atoms with Crippen LogP contribution in [0.25, 0.3) is 22.4 Å². The first kappa shape index (κ1) is 13.1. The van der Waals surface area contributed by atoms with Gasteiger partial charge in [0.15, 0.2) is 5.58 Å². The fraction of sp³-hybridized carbons (Fsp3) is 0.231. The number of fused-ring (bicyclic) bond motifs is 1. The first-order chi connectivity index (χ1) is 9.52. The zero-order valence-electron chi connectivity index (χ0n) is 11.1. The normalized spacial score (nSPS) is 11.4. The number of nitrogens with two attached hydrogens (primary N) is 1. The lowest BCUT2D eigenvalue weighted by atomic mass is 10.1. The van der Waals surface area contributed by atoms with Crippen molar-refractivity contribution in [2.45, 2.75) is 6.54 Å². The minimum Gasteiger partial charge on any atom is -0.408 e. The van der Waals surface area contributed by atoms with E-state index in [0.29, 0.717) is 12.1 Å². The van der Waals surface area contributed by atoms with Crippen LogP contribution in [0.1, 0.15) is 5.69 Å². The summed E-state index contributed by atoms with van der Waals surface area (Å²) in [5.41, 5.74) is 9.62. The molecule has 0 unspecified atom stereocenters. The molecule has 0 fully saturated rings. The summed E-state index contributed by atoms with van der Waals surface area (Å²) in [5, 5.41) is 4.47. The minimum atomic E-state index is -0.375. The molecule has 3 rings (SSSR count). The molecule has 0 aliphatic rings. The Kier molecular flexibility index (Phi) is 3.02. The van der Waals surface area contributed by atoms with Gasteiger partial charge < -0.3 is 10.2 Å². The van der Waals surface area contributed by atoms with Gasteiger partial charge in [-0.05, 0) is 34.1 Å². The average Bonchev–Trinajstić information content (AvgIpc) is 2.87. The van der Waals surface area contributed by atoms with E-state index in [0.717, 1.165) is 26.9 Å². The van der Waals surface area contributed by atoms with Crippen molar-refractivity contribution in [3.05, 3.63) is 38.9 Å². The van der Waals surface area contributed by atoms with Crippen molar-refractivity contribution in [2.75, 3.05) is 0 Å². The van der Waals surface area contributed by atoms with Gasteiger partial charge in [-0.15, -0.1) is 0 Å². The lowest BCUT2D eigenvalue weighted by Gasteiger charge is -1.99. The summed E-state index contributed by atoms with van der Waals surface area (Å²) >= 11 is 3.53. The molecule has 1 aromatic carbocycles. The van der Waals surface area contributed by atoms with Crippen LogP contribution in [-0.4, -0.2) is 14.3 Å². The number of hydrogen-bond donors (Lipinski definition) is 1. The predicted molar refractivity (Wildman–Crippen MR) is 79.2 cm³/mol. The molecule has 6 nitrogen and oxygen atoms in total. The second kappa shape index (κ2) is 4.60. The van der Waals surface area contributed by atoms with Crippen LogP contribution in [0, 0.1) is 0 Å². The molecule has 0 spiro atoms. The number of rotatable bonds is 2. The van der Waals surface area contributed by atoms with Crippen molar-refractivity contribution in [3.8, 4) is 11.3 Å². The molecule has 0 aliphatic heterocycles. The molecule has 104 valence electrons.